The number of nitrogens with one attached hydrogen (secondary N) is 1. The lowest BCUT2D eigenvalue weighted by atomic mass is 10.0. The van der Waals surface area contributed by atoms with Crippen LogP contribution in [0.4, 0.5) is 0 Å². The number of aliphatic hydroxyl groups excluding tert-OH is 3. The highest BCUT2D eigenvalue weighted by Gasteiger charge is 2.23. The molecule has 0 aromatic heterocycles. The van der Waals surface area contributed by atoms with Crippen molar-refractivity contribution in [3.05, 3.63) is 0 Å². The highest BCUT2D eigenvalue weighted by Crippen LogP contribution is 2.17. The SMILES string of the molecule is CCCCCCCCCCCCCCCCCCCCCCCCCC(O)C(CO)NC(=O)C(O)CCCCCCCCCCCC. The van der Waals surface area contributed by atoms with Gasteiger partial charge in [0.25, 0.3) is 0 Å². The maximum absolute atomic E-state index is 12.4. The molecule has 0 spiro atoms. The Bertz CT molecular complexity index is 615. The summed E-state index contributed by atoms with van der Waals surface area (Å²) >= 11 is 0. The van der Waals surface area contributed by atoms with Crippen LogP contribution in [0.3, 0.4) is 0 Å². The number of hydrogen-bond donors (Lipinski definition) is 4. The summed E-state index contributed by atoms with van der Waals surface area (Å²) in [5.41, 5.74) is 0. The largest absolute Gasteiger partial charge is 0.394 e. The van der Waals surface area contributed by atoms with Gasteiger partial charge in [-0.3, -0.25) is 4.79 Å². The molecule has 5 heteroatoms. The lowest BCUT2D eigenvalue weighted by Crippen LogP contribution is -2.49. The number of hydrogen-bond acceptors (Lipinski definition) is 4. The second-order valence-corrected chi connectivity index (χ2v) is 14.9. The summed E-state index contributed by atoms with van der Waals surface area (Å²) in [7, 11) is 0. The number of unbranched alkanes of at least 4 members (excludes halogenated alkanes) is 31. The predicted molar refractivity (Wildman–Crippen MR) is 204 cm³/mol. The zero-order chi connectivity index (χ0) is 34.5. The second kappa shape index (κ2) is 38.2. The molecule has 4 N–H and O–H groups in total. The molecule has 0 aromatic carbocycles. The summed E-state index contributed by atoms with van der Waals surface area (Å²) < 4.78 is 0. The minimum atomic E-state index is -1.07. The minimum absolute atomic E-state index is 0.308. The van der Waals surface area contributed by atoms with E-state index in [0.717, 1.165) is 32.1 Å². The highest BCUT2D eigenvalue weighted by atomic mass is 16.3. The first kappa shape index (κ1) is 46.4. The average Bonchev–Trinajstić information content (AvgIpc) is 3.07. The summed E-state index contributed by atoms with van der Waals surface area (Å²) in [6, 6.07) is -0.704. The van der Waals surface area contributed by atoms with Crippen molar-refractivity contribution in [3.8, 4) is 0 Å². The predicted octanol–water partition coefficient (Wildman–Crippen LogP) is 11.9. The molecular weight excluding hydrogens is 582 g/mol. The topological polar surface area (TPSA) is 89.8 Å². The van der Waals surface area contributed by atoms with Gasteiger partial charge in [-0.25, -0.2) is 0 Å². The maximum Gasteiger partial charge on any atom is 0.249 e. The van der Waals surface area contributed by atoms with Crippen LogP contribution >= 0.6 is 0 Å². The van der Waals surface area contributed by atoms with Crippen LogP contribution in [0.5, 0.6) is 0 Å². The molecule has 0 aromatic rings. The van der Waals surface area contributed by atoms with Crippen molar-refractivity contribution in [2.24, 2.45) is 0 Å². The van der Waals surface area contributed by atoms with E-state index in [1.165, 1.54) is 180 Å². The molecule has 0 rings (SSSR count). The van der Waals surface area contributed by atoms with Crippen molar-refractivity contribution in [3.63, 3.8) is 0 Å². The van der Waals surface area contributed by atoms with E-state index < -0.39 is 24.2 Å². The van der Waals surface area contributed by atoms with Gasteiger partial charge in [0.1, 0.15) is 6.10 Å². The molecule has 5 nitrogen and oxygen atoms in total. The van der Waals surface area contributed by atoms with Crippen LogP contribution in [0, 0.1) is 0 Å². The van der Waals surface area contributed by atoms with Gasteiger partial charge >= 0.3 is 0 Å². The van der Waals surface area contributed by atoms with Crippen molar-refractivity contribution in [1.82, 2.24) is 5.32 Å². The molecule has 0 radical (unpaired) electrons. The third-order valence-corrected chi connectivity index (χ3v) is 10.2. The van der Waals surface area contributed by atoms with Crippen LogP contribution in [-0.2, 0) is 4.79 Å². The quantitative estimate of drug-likeness (QED) is 0.0491. The Labute approximate surface area is 294 Å². The minimum Gasteiger partial charge on any atom is -0.394 e. The normalized spacial score (nSPS) is 13.6. The molecule has 0 aliphatic rings. The molecule has 3 unspecified atom stereocenters. The lowest BCUT2D eigenvalue weighted by Gasteiger charge is -2.23. The fourth-order valence-electron chi connectivity index (χ4n) is 6.84. The Morgan fingerprint density at radius 1 is 0.426 bits per heavy atom. The van der Waals surface area contributed by atoms with Crippen LogP contribution in [0.1, 0.15) is 239 Å². The van der Waals surface area contributed by atoms with E-state index >= 15 is 0 Å². The van der Waals surface area contributed by atoms with Crippen LogP contribution in [0.2, 0.25) is 0 Å². The fourth-order valence-corrected chi connectivity index (χ4v) is 6.84. The van der Waals surface area contributed by atoms with Crippen LogP contribution in [0.15, 0.2) is 0 Å². The molecule has 0 aliphatic carbocycles. The maximum atomic E-state index is 12.4. The number of aliphatic hydroxyl groups is 3. The molecule has 0 heterocycles. The van der Waals surface area contributed by atoms with Gasteiger partial charge in [0.2, 0.25) is 5.91 Å². The van der Waals surface area contributed by atoms with Crippen LogP contribution < -0.4 is 5.32 Å². The third-order valence-electron chi connectivity index (χ3n) is 10.2. The Hall–Kier alpha value is -0.650. The van der Waals surface area contributed by atoms with E-state index in [9.17, 15) is 20.1 Å². The van der Waals surface area contributed by atoms with Crippen molar-refractivity contribution in [2.75, 3.05) is 6.61 Å². The molecule has 0 fully saturated rings. The first-order valence-electron chi connectivity index (χ1n) is 21.3. The molecule has 47 heavy (non-hydrogen) atoms. The molecule has 0 saturated heterocycles. The first-order chi connectivity index (χ1) is 23.1. The van der Waals surface area contributed by atoms with Gasteiger partial charge in [0.05, 0.1) is 18.8 Å². The Kier molecular flexibility index (Phi) is 37.6. The standard InChI is InChI=1S/C42H85NO4/c1-3-5-7-9-11-13-15-16-17-18-19-20-21-22-23-24-25-26-27-29-30-32-34-36-40(45)39(38-44)43-42(47)41(46)37-35-33-31-28-14-12-10-8-6-4-2/h39-41,44-46H,3-38H2,1-2H3,(H,43,47). The van der Waals surface area contributed by atoms with E-state index in [1.807, 2.05) is 0 Å². The van der Waals surface area contributed by atoms with Crippen molar-refractivity contribution >= 4 is 5.91 Å². The number of carbonyl (C=O) groups is 1. The zero-order valence-electron chi connectivity index (χ0n) is 31.9. The number of amides is 1. The summed E-state index contributed by atoms with van der Waals surface area (Å²) in [6.45, 7) is 4.22. The molecule has 0 aliphatic heterocycles. The van der Waals surface area contributed by atoms with Crippen LogP contribution in [-0.4, -0.2) is 46.1 Å². The molecule has 1 amide bonds. The Balaban J connectivity index is 3.53. The average molecular weight is 668 g/mol. The van der Waals surface area contributed by atoms with Gasteiger partial charge in [0.15, 0.2) is 0 Å². The van der Waals surface area contributed by atoms with Gasteiger partial charge in [0, 0.05) is 0 Å². The smallest absolute Gasteiger partial charge is 0.249 e. The summed E-state index contributed by atoms with van der Waals surface area (Å²) in [4.78, 5) is 12.4. The van der Waals surface area contributed by atoms with E-state index in [0.29, 0.717) is 12.8 Å². The van der Waals surface area contributed by atoms with E-state index in [1.54, 1.807) is 0 Å². The molecule has 0 bridgehead atoms. The zero-order valence-corrected chi connectivity index (χ0v) is 31.9. The molecular formula is C42H85NO4. The number of carbonyl (C=O) groups excluding carboxylic acids is 1. The summed E-state index contributed by atoms with van der Waals surface area (Å²) in [5, 5.41) is 33.2. The molecule has 3 atom stereocenters. The van der Waals surface area contributed by atoms with Crippen molar-refractivity contribution in [2.45, 2.75) is 257 Å². The fraction of sp³-hybridized carbons (Fsp3) is 0.976. The van der Waals surface area contributed by atoms with Gasteiger partial charge in [-0.2, -0.15) is 0 Å². The second-order valence-electron chi connectivity index (χ2n) is 14.9. The Morgan fingerprint density at radius 2 is 0.681 bits per heavy atom. The van der Waals surface area contributed by atoms with Crippen molar-refractivity contribution < 1.29 is 20.1 Å². The lowest BCUT2D eigenvalue weighted by molar-refractivity contribution is -0.131. The van der Waals surface area contributed by atoms with Gasteiger partial charge in [-0.1, -0.05) is 226 Å². The molecule has 0 saturated carbocycles. The highest BCUT2D eigenvalue weighted by molar-refractivity contribution is 5.80. The van der Waals surface area contributed by atoms with Gasteiger partial charge in [-0.05, 0) is 12.8 Å². The van der Waals surface area contributed by atoms with Crippen LogP contribution in [0.25, 0.3) is 0 Å². The summed E-state index contributed by atoms with van der Waals surface area (Å²) in [6.07, 6.45) is 42.5. The van der Waals surface area contributed by atoms with E-state index in [-0.39, 0.29) is 6.61 Å². The monoisotopic (exact) mass is 668 g/mol. The van der Waals surface area contributed by atoms with Gasteiger partial charge in [-0.15, -0.1) is 0 Å². The summed E-state index contributed by atoms with van der Waals surface area (Å²) in [5.74, 6) is -0.469. The van der Waals surface area contributed by atoms with Crippen molar-refractivity contribution in [1.29, 1.82) is 0 Å². The van der Waals surface area contributed by atoms with E-state index in [4.69, 9.17) is 0 Å². The Morgan fingerprint density at radius 3 is 0.957 bits per heavy atom. The van der Waals surface area contributed by atoms with E-state index in [2.05, 4.69) is 19.2 Å². The number of rotatable bonds is 39. The first-order valence-corrected chi connectivity index (χ1v) is 21.3. The third kappa shape index (κ3) is 33.6. The van der Waals surface area contributed by atoms with Gasteiger partial charge < -0.3 is 20.6 Å². The molecule has 282 valence electrons.